The van der Waals surface area contributed by atoms with Crippen LogP contribution >= 0.6 is 0 Å². The van der Waals surface area contributed by atoms with E-state index in [1.165, 1.54) is 7.11 Å². The lowest BCUT2D eigenvalue weighted by atomic mass is 10.2. The van der Waals surface area contributed by atoms with Gasteiger partial charge in [-0.25, -0.2) is 13.1 Å². The van der Waals surface area contributed by atoms with E-state index in [1.807, 2.05) is 0 Å². The summed E-state index contributed by atoms with van der Waals surface area (Å²) in [6.07, 6.45) is 1.93. The fourth-order valence-corrected chi connectivity index (χ4v) is 3.23. The van der Waals surface area contributed by atoms with Crippen LogP contribution in [0, 0.1) is 0 Å². The normalized spacial score (nSPS) is 20.8. The standard InChI is InChI=1S/C11H22N2O5S/c1-18-8-3-9-19(16,17)12-5-7-13-6-2-4-10(13)11(14)15/h10,12H,2-9H2,1H3,(H,14,15). The van der Waals surface area contributed by atoms with Gasteiger partial charge >= 0.3 is 5.97 Å². The van der Waals surface area contributed by atoms with Gasteiger partial charge in [0.15, 0.2) is 0 Å². The molecule has 0 radical (unpaired) electrons. The zero-order valence-corrected chi connectivity index (χ0v) is 12.0. The molecule has 1 saturated heterocycles. The lowest BCUT2D eigenvalue weighted by molar-refractivity contribution is -0.142. The first-order valence-corrected chi connectivity index (χ1v) is 8.04. The van der Waals surface area contributed by atoms with E-state index < -0.39 is 22.0 Å². The molecule has 1 atom stereocenters. The van der Waals surface area contributed by atoms with Crippen LogP contribution in [0.15, 0.2) is 0 Å². The van der Waals surface area contributed by atoms with Crippen molar-refractivity contribution >= 4 is 16.0 Å². The average molecular weight is 294 g/mol. The molecule has 2 N–H and O–H groups in total. The first kappa shape index (κ1) is 16.4. The van der Waals surface area contributed by atoms with E-state index in [-0.39, 0.29) is 12.3 Å². The number of methoxy groups -OCH3 is 1. The zero-order valence-electron chi connectivity index (χ0n) is 11.2. The Kier molecular flexibility index (Phi) is 6.70. The van der Waals surface area contributed by atoms with Gasteiger partial charge in [0.1, 0.15) is 6.04 Å². The van der Waals surface area contributed by atoms with Gasteiger partial charge in [0.05, 0.1) is 5.75 Å². The summed E-state index contributed by atoms with van der Waals surface area (Å²) in [5.41, 5.74) is 0. The van der Waals surface area contributed by atoms with Crippen molar-refractivity contribution in [3.8, 4) is 0 Å². The van der Waals surface area contributed by atoms with E-state index in [2.05, 4.69) is 4.72 Å². The molecule has 1 fully saturated rings. The summed E-state index contributed by atoms with van der Waals surface area (Å²) in [7, 11) is -1.76. The predicted octanol–water partition coefficient (Wildman–Crippen LogP) is -0.509. The van der Waals surface area contributed by atoms with Gasteiger partial charge < -0.3 is 9.84 Å². The maximum Gasteiger partial charge on any atom is 0.320 e. The van der Waals surface area contributed by atoms with Gasteiger partial charge in [-0.1, -0.05) is 0 Å². The molecule has 1 rings (SSSR count). The summed E-state index contributed by atoms with van der Waals surface area (Å²) in [6.45, 7) is 1.80. The second-order valence-corrected chi connectivity index (χ2v) is 6.52. The highest BCUT2D eigenvalue weighted by atomic mass is 32.2. The summed E-state index contributed by atoms with van der Waals surface area (Å²) >= 11 is 0. The molecule has 1 aliphatic rings. The molecule has 0 saturated carbocycles. The smallest absolute Gasteiger partial charge is 0.320 e. The second-order valence-electron chi connectivity index (χ2n) is 4.59. The number of carboxylic acids is 1. The van der Waals surface area contributed by atoms with Gasteiger partial charge in [0, 0.05) is 26.8 Å². The van der Waals surface area contributed by atoms with Crippen molar-refractivity contribution in [3.05, 3.63) is 0 Å². The Morgan fingerprint density at radius 3 is 2.89 bits per heavy atom. The van der Waals surface area contributed by atoms with Crippen molar-refractivity contribution in [2.24, 2.45) is 0 Å². The van der Waals surface area contributed by atoms with Gasteiger partial charge in [-0.15, -0.1) is 0 Å². The molecule has 0 aromatic carbocycles. The van der Waals surface area contributed by atoms with Crippen molar-refractivity contribution in [2.75, 3.05) is 39.1 Å². The molecule has 112 valence electrons. The molecule has 1 heterocycles. The van der Waals surface area contributed by atoms with E-state index in [1.54, 1.807) is 4.90 Å². The van der Waals surface area contributed by atoms with E-state index in [4.69, 9.17) is 9.84 Å². The Hall–Kier alpha value is -0.700. The number of nitrogens with zero attached hydrogens (tertiary/aromatic N) is 1. The van der Waals surface area contributed by atoms with Crippen LogP contribution in [-0.4, -0.2) is 69.5 Å². The highest BCUT2D eigenvalue weighted by molar-refractivity contribution is 7.89. The molecule has 1 unspecified atom stereocenters. The first-order valence-electron chi connectivity index (χ1n) is 6.39. The van der Waals surface area contributed by atoms with Crippen LogP contribution < -0.4 is 4.72 Å². The third-order valence-corrected chi connectivity index (χ3v) is 4.60. The molecule has 8 heteroatoms. The Bertz CT molecular complexity index is 385. The molecular formula is C11H22N2O5S. The van der Waals surface area contributed by atoms with Gasteiger partial charge in [-0.2, -0.15) is 0 Å². The molecule has 0 aliphatic carbocycles. The molecule has 1 aliphatic heterocycles. The number of hydrogen-bond donors (Lipinski definition) is 2. The molecular weight excluding hydrogens is 272 g/mol. The molecule has 0 spiro atoms. The van der Waals surface area contributed by atoms with Crippen molar-refractivity contribution < 1.29 is 23.1 Å². The molecule has 0 amide bonds. The summed E-state index contributed by atoms with van der Waals surface area (Å²) in [4.78, 5) is 12.8. The minimum atomic E-state index is -3.29. The Balaban J connectivity index is 2.27. The van der Waals surface area contributed by atoms with E-state index >= 15 is 0 Å². The van der Waals surface area contributed by atoms with Crippen LogP contribution in [0.2, 0.25) is 0 Å². The number of aliphatic carboxylic acids is 1. The minimum Gasteiger partial charge on any atom is -0.480 e. The molecule has 7 nitrogen and oxygen atoms in total. The van der Waals surface area contributed by atoms with Gasteiger partial charge in [-0.3, -0.25) is 9.69 Å². The first-order chi connectivity index (χ1) is 8.96. The maximum absolute atomic E-state index is 11.6. The van der Waals surface area contributed by atoms with E-state index in [0.717, 1.165) is 6.42 Å². The number of carbonyl (C=O) groups is 1. The summed E-state index contributed by atoms with van der Waals surface area (Å²) in [5, 5.41) is 8.99. The highest BCUT2D eigenvalue weighted by Crippen LogP contribution is 2.16. The highest BCUT2D eigenvalue weighted by Gasteiger charge is 2.29. The van der Waals surface area contributed by atoms with Crippen molar-refractivity contribution in [1.82, 2.24) is 9.62 Å². The summed E-state index contributed by atoms with van der Waals surface area (Å²) in [5.74, 6) is -0.802. The van der Waals surface area contributed by atoms with Crippen LogP contribution in [0.3, 0.4) is 0 Å². The predicted molar refractivity (Wildman–Crippen MR) is 70.5 cm³/mol. The van der Waals surface area contributed by atoms with Gasteiger partial charge in [0.25, 0.3) is 0 Å². The average Bonchev–Trinajstić information content (AvgIpc) is 2.77. The van der Waals surface area contributed by atoms with Crippen LogP contribution in [0.4, 0.5) is 0 Å². The minimum absolute atomic E-state index is 0.0310. The largest absolute Gasteiger partial charge is 0.480 e. The second kappa shape index (κ2) is 7.78. The third kappa shape index (κ3) is 5.85. The summed E-state index contributed by atoms with van der Waals surface area (Å²) in [6, 6.07) is -0.474. The molecule has 0 aromatic rings. The SMILES string of the molecule is COCCCS(=O)(=O)NCCN1CCCC1C(=O)O. The van der Waals surface area contributed by atoms with Gasteiger partial charge in [-0.05, 0) is 25.8 Å². The van der Waals surface area contributed by atoms with Crippen LogP contribution in [-0.2, 0) is 19.6 Å². The number of likely N-dealkylation sites (tertiary alicyclic amines) is 1. The number of hydrogen-bond acceptors (Lipinski definition) is 5. The molecule has 19 heavy (non-hydrogen) atoms. The maximum atomic E-state index is 11.6. The lowest BCUT2D eigenvalue weighted by Crippen LogP contribution is -2.41. The number of carboxylic acid groups (broad SMARTS) is 1. The molecule has 0 aromatic heterocycles. The lowest BCUT2D eigenvalue weighted by Gasteiger charge is -2.20. The Labute approximate surface area is 114 Å². The fraction of sp³-hybridized carbons (Fsp3) is 0.909. The van der Waals surface area contributed by atoms with Crippen LogP contribution in [0.1, 0.15) is 19.3 Å². The van der Waals surface area contributed by atoms with Crippen molar-refractivity contribution in [1.29, 1.82) is 0 Å². The summed E-state index contributed by atoms with van der Waals surface area (Å²) < 4.78 is 30.5. The van der Waals surface area contributed by atoms with Gasteiger partial charge in [0.2, 0.25) is 10.0 Å². The number of nitrogens with one attached hydrogen (secondary N) is 1. The Morgan fingerprint density at radius 1 is 1.53 bits per heavy atom. The van der Waals surface area contributed by atoms with E-state index in [9.17, 15) is 13.2 Å². The Morgan fingerprint density at radius 2 is 2.26 bits per heavy atom. The third-order valence-electron chi connectivity index (χ3n) is 3.13. The van der Waals surface area contributed by atoms with Crippen molar-refractivity contribution in [3.63, 3.8) is 0 Å². The topological polar surface area (TPSA) is 95.9 Å². The number of rotatable bonds is 9. The van der Waals surface area contributed by atoms with E-state index in [0.29, 0.717) is 32.5 Å². The van der Waals surface area contributed by atoms with Crippen LogP contribution in [0.5, 0.6) is 0 Å². The zero-order chi connectivity index (χ0) is 14.3. The fourth-order valence-electron chi connectivity index (χ4n) is 2.18. The van der Waals surface area contributed by atoms with Crippen molar-refractivity contribution in [2.45, 2.75) is 25.3 Å². The quantitative estimate of drug-likeness (QED) is 0.556. The number of sulfonamides is 1. The monoisotopic (exact) mass is 294 g/mol. The van der Waals surface area contributed by atoms with Crippen LogP contribution in [0.25, 0.3) is 0 Å². The number of ether oxygens (including phenoxy) is 1. The molecule has 0 bridgehead atoms.